The Labute approximate surface area is 162 Å². The Kier molecular flexibility index (Phi) is 4.74. The Morgan fingerprint density at radius 2 is 1.77 bits per heavy atom. The van der Waals surface area contributed by atoms with Crippen molar-refractivity contribution in [1.29, 1.82) is 0 Å². The number of aromatic nitrogens is 2. The summed E-state index contributed by atoms with van der Waals surface area (Å²) in [4.78, 5) is 2.13. The number of benzene rings is 2. The maximum atomic E-state index is 9.51. The summed E-state index contributed by atoms with van der Waals surface area (Å²) in [7, 11) is 2.03. The minimum Gasteiger partial charge on any atom is -0.393 e. The third-order valence-corrected chi connectivity index (χ3v) is 5.70. The minimum absolute atomic E-state index is 0.145. The van der Waals surface area contributed by atoms with Gasteiger partial charge in [0.2, 0.25) is 0 Å². The number of nitrogens with zero attached hydrogens (tertiary/aromatic N) is 3. The molecule has 2 aromatic carbocycles. The first-order valence-electron chi connectivity index (χ1n) is 8.63. The van der Waals surface area contributed by atoms with Gasteiger partial charge in [-0.3, -0.25) is 0 Å². The predicted molar refractivity (Wildman–Crippen MR) is 107 cm³/mol. The lowest BCUT2D eigenvalue weighted by molar-refractivity contribution is 0.0464. The largest absolute Gasteiger partial charge is 0.393 e. The average Bonchev–Trinajstić information content (AvgIpc) is 2.62. The molecule has 0 bridgehead atoms. The lowest BCUT2D eigenvalue weighted by Gasteiger charge is -2.35. The Hall–Kier alpha value is -1.88. The van der Waals surface area contributed by atoms with Crippen LogP contribution in [0.4, 0.5) is 5.82 Å². The molecule has 1 aliphatic rings. The molecule has 26 heavy (non-hydrogen) atoms. The third-order valence-electron chi connectivity index (χ3n) is 4.97. The van der Waals surface area contributed by atoms with Crippen LogP contribution in [-0.4, -0.2) is 35.0 Å². The zero-order valence-corrected chi connectivity index (χ0v) is 15.9. The van der Waals surface area contributed by atoms with Crippen LogP contribution in [-0.2, 0) is 0 Å². The topological polar surface area (TPSA) is 49.2 Å². The van der Waals surface area contributed by atoms with E-state index in [1.54, 1.807) is 6.07 Å². The number of rotatable bonds is 4. The van der Waals surface area contributed by atoms with Crippen molar-refractivity contribution < 1.29 is 5.11 Å². The molecular formula is C20H19Cl2N3O. The van der Waals surface area contributed by atoms with E-state index >= 15 is 0 Å². The molecule has 1 aliphatic carbocycles. The monoisotopic (exact) mass is 387 g/mol. The van der Waals surface area contributed by atoms with E-state index in [1.807, 2.05) is 37.4 Å². The number of fused-ring (bicyclic) bond motifs is 1. The van der Waals surface area contributed by atoms with Crippen molar-refractivity contribution in [3.8, 4) is 11.3 Å². The van der Waals surface area contributed by atoms with Gasteiger partial charge in [0.15, 0.2) is 5.82 Å². The van der Waals surface area contributed by atoms with Crippen molar-refractivity contribution in [2.24, 2.45) is 5.92 Å². The molecule has 0 spiro atoms. The van der Waals surface area contributed by atoms with E-state index in [4.69, 9.17) is 23.2 Å². The molecule has 0 saturated heterocycles. The van der Waals surface area contributed by atoms with Gasteiger partial charge in [-0.05, 0) is 30.9 Å². The lowest BCUT2D eigenvalue weighted by atomic mass is 9.82. The summed E-state index contributed by atoms with van der Waals surface area (Å²) < 4.78 is 0. The molecule has 134 valence electrons. The summed E-state index contributed by atoms with van der Waals surface area (Å²) in [5.41, 5.74) is 1.68. The van der Waals surface area contributed by atoms with E-state index in [0.717, 1.165) is 47.2 Å². The van der Waals surface area contributed by atoms with Crippen LogP contribution in [0.25, 0.3) is 22.0 Å². The Balaban J connectivity index is 1.74. The summed E-state index contributed by atoms with van der Waals surface area (Å²) >= 11 is 12.2. The summed E-state index contributed by atoms with van der Waals surface area (Å²) in [6.07, 6.45) is 1.57. The van der Waals surface area contributed by atoms with Crippen molar-refractivity contribution in [2.45, 2.75) is 18.9 Å². The maximum Gasteiger partial charge on any atom is 0.158 e. The Bertz CT molecular complexity index is 957. The van der Waals surface area contributed by atoms with Crippen molar-refractivity contribution in [2.75, 3.05) is 18.5 Å². The SMILES string of the molecule is CN(CC1CC(O)C1)c1nnc(-c2ccc(Cl)c(Cl)c2)c2ccccc12. The number of hydrogen-bond acceptors (Lipinski definition) is 4. The number of aliphatic hydroxyl groups excluding tert-OH is 1. The minimum atomic E-state index is -0.145. The molecule has 0 aliphatic heterocycles. The standard InChI is InChI=1S/C20H19Cl2N3O/c1-25(11-12-8-14(26)9-12)20-16-5-3-2-4-15(16)19(23-24-20)13-6-7-17(21)18(22)10-13/h2-7,10,12,14,26H,8-9,11H2,1H3. The van der Waals surface area contributed by atoms with Gasteiger partial charge in [-0.25, -0.2) is 0 Å². The number of anilines is 1. The first-order valence-corrected chi connectivity index (χ1v) is 9.38. The van der Waals surface area contributed by atoms with Crippen molar-refractivity contribution in [1.82, 2.24) is 10.2 Å². The Morgan fingerprint density at radius 1 is 1.04 bits per heavy atom. The van der Waals surface area contributed by atoms with Gasteiger partial charge in [0.25, 0.3) is 0 Å². The van der Waals surface area contributed by atoms with E-state index in [1.165, 1.54) is 0 Å². The molecule has 0 atom stereocenters. The highest BCUT2D eigenvalue weighted by Crippen LogP contribution is 2.35. The van der Waals surface area contributed by atoms with Crippen LogP contribution >= 0.6 is 23.2 Å². The fraction of sp³-hybridized carbons (Fsp3) is 0.300. The van der Waals surface area contributed by atoms with E-state index in [2.05, 4.69) is 21.2 Å². The number of halogens is 2. The van der Waals surface area contributed by atoms with Gasteiger partial charge in [-0.1, -0.05) is 53.5 Å². The second-order valence-corrected chi connectivity index (χ2v) is 7.73. The highest BCUT2D eigenvalue weighted by Gasteiger charge is 2.28. The van der Waals surface area contributed by atoms with Crippen LogP contribution in [0.2, 0.25) is 10.0 Å². The summed E-state index contributed by atoms with van der Waals surface area (Å²) in [6.45, 7) is 0.863. The fourth-order valence-corrected chi connectivity index (χ4v) is 3.85. The fourth-order valence-electron chi connectivity index (χ4n) is 3.55. The van der Waals surface area contributed by atoms with E-state index in [0.29, 0.717) is 16.0 Å². The average molecular weight is 388 g/mol. The van der Waals surface area contributed by atoms with Gasteiger partial charge >= 0.3 is 0 Å². The molecular weight excluding hydrogens is 369 g/mol. The van der Waals surface area contributed by atoms with Gasteiger partial charge in [-0.2, -0.15) is 0 Å². The van der Waals surface area contributed by atoms with Gasteiger partial charge in [0.05, 0.1) is 16.1 Å². The maximum absolute atomic E-state index is 9.51. The third kappa shape index (κ3) is 3.25. The number of hydrogen-bond donors (Lipinski definition) is 1. The van der Waals surface area contributed by atoms with Gasteiger partial charge in [-0.15, -0.1) is 10.2 Å². The van der Waals surface area contributed by atoms with Crippen LogP contribution in [0, 0.1) is 5.92 Å². The highest BCUT2D eigenvalue weighted by molar-refractivity contribution is 6.42. The lowest BCUT2D eigenvalue weighted by Crippen LogP contribution is -2.37. The van der Waals surface area contributed by atoms with Crippen LogP contribution < -0.4 is 4.90 Å². The van der Waals surface area contributed by atoms with Crippen molar-refractivity contribution in [3.05, 3.63) is 52.5 Å². The van der Waals surface area contributed by atoms with Gasteiger partial charge in [0, 0.05) is 29.9 Å². The van der Waals surface area contributed by atoms with Gasteiger partial charge < -0.3 is 10.0 Å². The molecule has 0 radical (unpaired) electrons. The zero-order chi connectivity index (χ0) is 18.3. The smallest absolute Gasteiger partial charge is 0.158 e. The predicted octanol–water partition coefficient (Wildman–Crippen LogP) is 4.81. The summed E-state index contributed by atoms with van der Waals surface area (Å²) in [5, 5.41) is 21.6. The van der Waals surface area contributed by atoms with E-state index in [9.17, 15) is 5.11 Å². The first-order chi connectivity index (χ1) is 12.5. The first kappa shape index (κ1) is 17.5. The zero-order valence-electron chi connectivity index (χ0n) is 14.4. The number of aliphatic hydroxyl groups is 1. The molecule has 1 N–H and O–H groups in total. The van der Waals surface area contributed by atoms with E-state index < -0.39 is 0 Å². The van der Waals surface area contributed by atoms with Crippen LogP contribution in [0.15, 0.2) is 42.5 Å². The molecule has 4 rings (SSSR count). The van der Waals surface area contributed by atoms with Crippen molar-refractivity contribution >= 4 is 39.8 Å². The molecule has 1 aromatic heterocycles. The molecule has 1 fully saturated rings. The quantitative estimate of drug-likeness (QED) is 0.697. The van der Waals surface area contributed by atoms with Gasteiger partial charge in [0.1, 0.15) is 5.69 Å². The molecule has 3 aromatic rings. The second-order valence-electron chi connectivity index (χ2n) is 6.92. The summed E-state index contributed by atoms with van der Waals surface area (Å²) in [5.74, 6) is 1.36. The highest BCUT2D eigenvalue weighted by atomic mass is 35.5. The van der Waals surface area contributed by atoms with Crippen LogP contribution in [0.1, 0.15) is 12.8 Å². The second kappa shape index (κ2) is 7.03. The Morgan fingerprint density at radius 3 is 2.46 bits per heavy atom. The molecule has 0 amide bonds. The van der Waals surface area contributed by atoms with Crippen LogP contribution in [0.5, 0.6) is 0 Å². The molecule has 1 saturated carbocycles. The molecule has 0 unspecified atom stereocenters. The van der Waals surface area contributed by atoms with Crippen LogP contribution in [0.3, 0.4) is 0 Å². The molecule has 6 heteroatoms. The van der Waals surface area contributed by atoms with Crippen molar-refractivity contribution in [3.63, 3.8) is 0 Å². The van der Waals surface area contributed by atoms with E-state index in [-0.39, 0.29) is 6.10 Å². The molecule has 4 nitrogen and oxygen atoms in total. The molecule has 1 heterocycles. The normalized spacial score (nSPS) is 19.4. The summed E-state index contributed by atoms with van der Waals surface area (Å²) in [6, 6.07) is 13.6.